The highest BCUT2D eigenvalue weighted by atomic mass is 19.1. The standard InChI is InChI=1S/C13H27FO3/c1-6-7-11(16)17-9-12(2,3)8-10(15)13(4,5)14/h10-11,15-16H,6-9H2,1-5H3/t10-,11?/m0/s1. The van der Waals surface area contributed by atoms with Crippen LogP contribution in [0.1, 0.15) is 53.9 Å². The van der Waals surface area contributed by atoms with E-state index in [2.05, 4.69) is 0 Å². The van der Waals surface area contributed by atoms with Crippen molar-refractivity contribution in [1.82, 2.24) is 0 Å². The van der Waals surface area contributed by atoms with E-state index >= 15 is 0 Å². The normalized spacial score (nSPS) is 16.9. The molecule has 0 bridgehead atoms. The van der Waals surface area contributed by atoms with Gasteiger partial charge in [0.2, 0.25) is 0 Å². The number of aliphatic hydroxyl groups is 2. The van der Waals surface area contributed by atoms with Gasteiger partial charge in [0.05, 0.1) is 12.7 Å². The maximum Gasteiger partial charge on any atom is 0.154 e. The lowest BCUT2D eigenvalue weighted by Gasteiger charge is -2.32. The second-order valence-electron chi connectivity index (χ2n) is 6.00. The molecule has 0 amide bonds. The Labute approximate surface area is 104 Å². The van der Waals surface area contributed by atoms with Crippen molar-refractivity contribution in [1.29, 1.82) is 0 Å². The second-order valence-corrected chi connectivity index (χ2v) is 6.00. The third-order valence-corrected chi connectivity index (χ3v) is 2.74. The Morgan fingerprint density at radius 2 is 1.71 bits per heavy atom. The summed E-state index contributed by atoms with van der Waals surface area (Å²) in [6.07, 6.45) is -0.0520. The smallest absolute Gasteiger partial charge is 0.154 e. The predicted octanol–water partition coefficient (Wildman–Crippen LogP) is 2.65. The van der Waals surface area contributed by atoms with E-state index in [-0.39, 0.29) is 5.41 Å². The molecule has 0 rings (SSSR count). The molecule has 0 aliphatic rings. The molecular weight excluding hydrogens is 223 g/mol. The van der Waals surface area contributed by atoms with Crippen molar-refractivity contribution in [3.63, 3.8) is 0 Å². The van der Waals surface area contributed by atoms with Gasteiger partial charge in [-0.3, -0.25) is 0 Å². The van der Waals surface area contributed by atoms with Crippen molar-refractivity contribution in [2.75, 3.05) is 6.61 Å². The van der Waals surface area contributed by atoms with Crippen LogP contribution in [0.2, 0.25) is 0 Å². The third kappa shape index (κ3) is 7.68. The Bertz CT molecular complexity index is 211. The van der Waals surface area contributed by atoms with Crippen LogP contribution in [0.25, 0.3) is 0 Å². The molecule has 0 aromatic carbocycles. The monoisotopic (exact) mass is 250 g/mol. The highest BCUT2D eigenvalue weighted by Gasteiger charge is 2.33. The molecule has 0 fully saturated rings. The van der Waals surface area contributed by atoms with E-state index in [0.717, 1.165) is 6.42 Å². The summed E-state index contributed by atoms with van der Waals surface area (Å²) < 4.78 is 18.8. The van der Waals surface area contributed by atoms with Crippen molar-refractivity contribution in [2.45, 2.75) is 71.9 Å². The first-order valence-corrected chi connectivity index (χ1v) is 6.25. The number of aliphatic hydroxyl groups excluding tert-OH is 2. The zero-order valence-electron chi connectivity index (χ0n) is 11.7. The predicted molar refractivity (Wildman–Crippen MR) is 66.5 cm³/mol. The summed E-state index contributed by atoms with van der Waals surface area (Å²) in [6, 6.07) is 0. The average Bonchev–Trinajstić information content (AvgIpc) is 2.13. The fraction of sp³-hybridized carbons (Fsp3) is 1.00. The number of halogens is 1. The quantitative estimate of drug-likeness (QED) is 0.651. The Morgan fingerprint density at radius 3 is 2.12 bits per heavy atom. The molecule has 0 aliphatic carbocycles. The van der Waals surface area contributed by atoms with Gasteiger partial charge in [0, 0.05) is 0 Å². The van der Waals surface area contributed by atoms with Crippen molar-refractivity contribution in [3.05, 3.63) is 0 Å². The summed E-state index contributed by atoms with van der Waals surface area (Å²) in [5.74, 6) is 0. The van der Waals surface area contributed by atoms with Gasteiger partial charge < -0.3 is 14.9 Å². The first-order chi connectivity index (χ1) is 7.58. The molecule has 1 unspecified atom stereocenters. The van der Waals surface area contributed by atoms with E-state index in [9.17, 15) is 14.6 Å². The topological polar surface area (TPSA) is 49.7 Å². The molecule has 17 heavy (non-hydrogen) atoms. The number of hydrogen-bond donors (Lipinski definition) is 2. The molecule has 0 spiro atoms. The number of hydrogen-bond acceptors (Lipinski definition) is 3. The molecular formula is C13H27FO3. The molecule has 0 saturated heterocycles. The van der Waals surface area contributed by atoms with Crippen LogP contribution in [0, 0.1) is 5.41 Å². The molecule has 3 nitrogen and oxygen atoms in total. The molecule has 0 aromatic heterocycles. The van der Waals surface area contributed by atoms with Gasteiger partial charge in [0.25, 0.3) is 0 Å². The largest absolute Gasteiger partial charge is 0.390 e. The Hall–Kier alpha value is -0.190. The van der Waals surface area contributed by atoms with Crippen LogP contribution in [0.5, 0.6) is 0 Å². The van der Waals surface area contributed by atoms with E-state index in [4.69, 9.17) is 4.74 Å². The van der Waals surface area contributed by atoms with Crippen LogP contribution < -0.4 is 0 Å². The van der Waals surface area contributed by atoms with Crippen LogP contribution in [-0.4, -0.2) is 34.9 Å². The first-order valence-electron chi connectivity index (χ1n) is 6.25. The summed E-state index contributed by atoms with van der Waals surface area (Å²) in [5, 5.41) is 19.1. The van der Waals surface area contributed by atoms with Crippen molar-refractivity contribution in [3.8, 4) is 0 Å². The summed E-state index contributed by atoms with van der Waals surface area (Å²) in [4.78, 5) is 0. The zero-order chi connectivity index (χ0) is 13.7. The van der Waals surface area contributed by atoms with Crippen LogP contribution in [-0.2, 0) is 4.74 Å². The molecule has 4 heteroatoms. The van der Waals surface area contributed by atoms with Crippen LogP contribution in [0.15, 0.2) is 0 Å². The summed E-state index contributed by atoms with van der Waals surface area (Å²) in [5.41, 5.74) is -1.98. The van der Waals surface area contributed by atoms with E-state index in [1.165, 1.54) is 13.8 Å². The Morgan fingerprint density at radius 1 is 1.18 bits per heavy atom. The van der Waals surface area contributed by atoms with Crippen molar-refractivity contribution < 1.29 is 19.3 Å². The maximum absolute atomic E-state index is 13.5. The number of alkyl halides is 1. The average molecular weight is 250 g/mol. The lowest BCUT2D eigenvalue weighted by molar-refractivity contribution is -0.132. The fourth-order valence-corrected chi connectivity index (χ4v) is 1.48. The van der Waals surface area contributed by atoms with Crippen LogP contribution in [0.3, 0.4) is 0 Å². The highest BCUT2D eigenvalue weighted by Crippen LogP contribution is 2.29. The summed E-state index contributed by atoms with van der Waals surface area (Å²) >= 11 is 0. The minimum Gasteiger partial charge on any atom is -0.390 e. The molecule has 2 N–H and O–H groups in total. The van der Waals surface area contributed by atoms with E-state index in [1.807, 2.05) is 20.8 Å². The molecule has 104 valence electrons. The lowest BCUT2D eigenvalue weighted by Crippen LogP contribution is -2.37. The third-order valence-electron chi connectivity index (χ3n) is 2.74. The van der Waals surface area contributed by atoms with Gasteiger partial charge in [-0.2, -0.15) is 0 Å². The van der Waals surface area contributed by atoms with Gasteiger partial charge >= 0.3 is 0 Å². The molecule has 0 heterocycles. The van der Waals surface area contributed by atoms with E-state index in [0.29, 0.717) is 19.4 Å². The second kappa shape index (κ2) is 6.66. The highest BCUT2D eigenvalue weighted by molar-refractivity contribution is 4.83. The van der Waals surface area contributed by atoms with Crippen molar-refractivity contribution in [2.24, 2.45) is 5.41 Å². The minimum absolute atomic E-state index is 0.301. The minimum atomic E-state index is -1.61. The lowest BCUT2D eigenvalue weighted by atomic mass is 9.83. The SMILES string of the molecule is CCCC(O)OCC(C)(C)C[C@H](O)C(C)(C)F. The van der Waals surface area contributed by atoms with Gasteiger partial charge in [-0.25, -0.2) is 4.39 Å². The van der Waals surface area contributed by atoms with Gasteiger partial charge in [0.15, 0.2) is 6.29 Å². The molecule has 0 aromatic rings. The summed E-state index contributed by atoms with van der Waals surface area (Å²) in [6.45, 7) is 8.77. The maximum atomic E-state index is 13.5. The summed E-state index contributed by atoms with van der Waals surface area (Å²) in [7, 11) is 0. The Balaban J connectivity index is 4.11. The van der Waals surface area contributed by atoms with Crippen LogP contribution >= 0.6 is 0 Å². The van der Waals surface area contributed by atoms with Gasteiger partial charge in [0.1, 0.15) is 5.67 Å². The van der Waals surface area contributed by atoms with E-state index < -0.39 is 18.1 Å². The zero-order valence-corrected chi connectivity index (χ0v) is 11.7. The van der Waals surface area contributed by atoms with Crippen LogP contribution in [0.4, 0.5) is 4.39 Å². The number of ether oxygens (including phenoxy) is 1. The van der Waals surface area contributed by atoms with E-state index in [1.54, 1.807) is 0 Å². The fourth-order valence-electron chi connectivity index (χ4n) is 1.48. The molecule has 0 aliphatic heterocycles. The van der Waals surface area contributed by atoms with Crippen molar-refractivity contribution >= 4 is 0 Å². The van der Waals surface area contributed by atoms with Gasteiger partial charge in [-0.1, -0.05) is 27.2 Å². The van der Waals surface area contributed by atoms with Gasteiger partial charge in [-0.15, -0.1) is 0 Å². The Kier molecular flexibility index (Phi) is 6.59. The molecule has 0 saturated carbocycles. The first kappa shape index (κ1) is 16.8. The van der Waals surface area contributed by atoms with Gasteiger partial charge in [-0.05, 0) is 32.1 Å². The molecule has 0 radical (unpaired) electrons. The number of rotatable bonds is 8. The molecule has 2 atom stereocenters.